The third-order valence-electron chi connectivity index (χ3n) is 3.78. The van der Waals surface area contributed by atoms with Crippen LogP contribution < -0.4 is 5.73 Å². The first-order chi connectivity index (χ1) is 9.17. The van der Waals surface area contributed by atoms with Crippen LogP contribution in [0, 0.1) is 0 Å². The van der Waals surface area contributed by atoms with Crippen molar-refractivity contribution in [1.29, 1.82) is 0 Å². The number of likely N-dealkylation sites (tertiary alicyclic amines) is 1. The Kier molecular flexibility index (Phi) is 3.67. The lowest BCUT2D eigenvalue weighted by atomic mass is 10.0. The molecule has 1 spiro atoms. The monoisotopic (exact) mass is 282 g/mol. The lowest BCUT2D eigenvalue weighted by molar-refractivity contribution is -0.190. The zero-order valence-electron chi connectivity index (χ0n) is 10.9. The van der Waals surface area contributed by atoms with E-state index in [0.29, 0.717) is 18.9 Å². The molecule has 5 heteroatoms. The molecule has 0 amide bonds. The van der Waals surface area contributed by atoms with E-state index in [4.69, 9.17) is 26.8 Å². The summed E-state index contributed by atoms with van der Waals surface area (Å²) in [6.45, 7) is 4.09. The average molecular weight is 283 g/mol. The number of nitrogens with zero attached hydrogens (tertiary/aromatic N) is 1. The first-order valence-corrected chi connectivity index (χ1v) is 7.09. The van der Waals surface area contributed by atoms with Crippen LogP contribution in [0.3, 0.4) is 0 Å². The highest BCUT2D eigenvalue weighted by molar-refractivity contribution is 6.31. The van der Waals surface area contributed by atoms with Crippen LogP contribution in [0.1, 0.15) is 18.4 Å². The zero-order chi connectivity index (χ0) is 13.3. The third kappa shape index (κ3) is 2.87. The second kappa shape index (κ2) is 5.29. The molecule has 19 heavy (non-hydrogen) atoms. The van der Waals surface area contributed by atoms with Crippen LogP contribution in [0.5, 0.6) is 0 Å². The third-order valence-corrected chi connectivity index (χ3v) is 4.13. The van der Waals surface area contributed by atoms with Gasteiger partial charge < -0.3 is 15.2 Å². The number of anilines is 1. The van der Waals surface area contributed by atoms with Gasteiger partial charge in [0.25, 0.3) is 0 Å². The molecule has 2 aliphatic heterocycles. The number of rotatable bonds is 2. The van der Waals surface area contributed by atoms with Gasteiger partial charge in [-0.1, -0.05) is 17.7 Å². The molecule has 4 nitrogen and oxygen atoms in total. The summed E-state index contributed by atoms with van der Waals surface area (Å²) in [6.07, 6.45) is 2.07. The van der Waals surface area contributed by atoms with Crippen molar-refractivity contribution < 1.29 is 9.47 Å². The summed E-state index contributed by atoms with van der Waals surface area (Å²) >= 11 is 6.23. The van der Waals surface area contributed by atoms with Gasteiger partial charge in [0.15, 0.2) is 5.79 Å². The highest BCUT2D eigenvalue weighted by atomic mass is 35.5. The van der Waals surface area contributed by atoms with Gasteiger partial charge >= 0.3 is 0 Å². The molecule has 0 radical (unpaired) electrons. The van der Waals surface area contributed by atoms with Gasteiger partial charge in [0.05, 0.1) is 19.8 Å². The molecule has 2 aliphatic rings. The van der Waals surface area contributed by atoms with Gasteiger partial charge in [0.1, 0.15) is 0 Å². The van der Waals surface area contributed by atoms with E-state index in [1.165, 1.54) is 0 Å². The van der Waals surface area contributed by atoms with Crippen molar-refractivity contribution >= 4 is 17.3 Å². The summed E-state index contributed by atoms with van der Waals surface area (Å²) in [4.78, 5) is 2.34. The van der Waals surface area contributed by atoms with Crippen LogP contribution in [-0.2, 0) is 16.0 Å². The smallest absolute Gasteiger partial charge is 0.181 e. The molecule has 0 unspecified atom stereocenters. The van der Waals surface area contributed by atoms with Crippen molar-refractivity contribution in [2.45, 2.75) is 25.2 Å². The van der Waals surface area contributed by atoms with E-state index in [-0.39, 0.29) is 5.79 Å². The number of hydrogen-bond acceptors (Lipinski definition) is 4. The van der Waals surface area contributed by atoms with Gasteiger partial charge in [0, 0.05) is 23.7 Å². The lowest BCUT2D eigenvalue weighted by Gasteiger charge is -2.38. The van der Waals surface area contributed by atoms with Gasteiger partial charge in [-0.3, -0.25) is 4.90 Å². The molecule has 3 rings (SSSR count). The highest BCUT2D eigenvalue weighted by Gasteiger charge is 2.40. The Hall–Kier alpha value is -0.810. The summed E-state index contributed by atoms with van der Waals surface area (Å²) in [6, 6.07) is 5.69. The van der Waals surface area contributed by atoms with Crippen molar-refractivity contribution in [1.82, 2.24) is 4.90 Å². The van der Waals surface area contributed by atoms with Crippen LogP contribution in [0.2, 0.25) is 5.02 Å². The Balaban J connectivity index is 1.69. The van der Waals surface area contributed by atoms with Gasteiger partial charge in [-0.05, 0) is 30.7 Å². The zero-order valence-corrected chi connectivity index (χ0v) is 11.7. The molecule has 2 fully saturated rings. The second-order valence-corrected chi connectivity index (χ2v) is 5.68. The fourth-order valence-corrected chi connectivity index (χ4v) is 3.12. The van der Waals surface area contributed by atoms with E-state index in [1.807, 2.05) is 12.1 Å². The summed E-state index contributed by atoms with van der Waals surface area (Å²) in [5, 5.41) is 0.730. The average Bonchev–Trinajstić information content (AvgIpc) is 2.81. The Morgan fingerprint density at radius 2 is 2.11 bits per heavy atom. The molecule has 2 saturated heterocycles. The Morgan fingerprint density at radius 3 is 2.84 bits per heavy atom. The molecule has 2 N–H and O–H groups in total. The fourth-order valence-electron chi connectivity index (χ4n) is 2.87. The van der Waals surface area contributed by atoms with Crippen molar-refractivity contribution in [2.75, 3.05) is 32.0 Å². The highest BCUT2D eigenvalue weighted by Crippen LogP contribution is 2.31. The molecule has 0 aliphatic carbocycles. The molecule has 104 valence electrons. The maximum atomic E-state index is 6.23. The van der Waals surface area contributed by atoms with E-state index in [1.54, 1.807) is 6.07 Å². The standard InChI is InChI=1S/C14H19ClN2O2/c15-13-8-12(16)3-2-11(13)9-17-5-1-4-14(10-17)18-6-7-19-14/h2-3,8H,1,4-7,9-10,16H2. The number of piperidine rings is 1. The van der Waals surface area contributed by atoms with Crippen LogP contribution >= 0.6 is 11.6 Å². The molecule has 1 aromatic carbocycles. The predicted molar refractivity (Wildman–Crippen MR) is 75.0 cm³/mol. The largest absolute Gasteiger partial charge is 0.399 e. The van der Waals surface area contributed by atoms with E-state index in [2.05, 4.69) is 4.90 Å². The molecule has 0 aromatic heterocycles. The normalized spacial score (nSPS) is 23.0. The predicted octanol–water partition coefficient (Wildman–Crippen LogP) is 2.26. The molecular weight excluding hydrogens is 264 g/mol. The molecule has 0 bridgehead atoms. The second-order valence-electron chi connectivity index (χ2n) is 5.27. The Labute approximate surface area is 118 Å². The van der Waals surface area contributed by atoms with E-state index in [0.717, 1.165) is 43.1 Å². The van der Waals surface area contributed by atoms with Crippen LogP contribution in [0.4, 0.5) is 5.69 Å². The minimum Gasteiger partial charge on any atom is -0.399 e. The minimum atomic E-state index is -0.376. The Morgan fingerprint density at radius 1 is 1.32 bits per heavy atom. The van der Waals surface area contributed by atoms with Gasteiger partial charge in [0.2, 0.25) is 0 Å². The molecule has 1 aromatic rings. The fraction of sp³-hybridized carbons (Fsp3) is 0.571. The topological polar surface area (TPSA) is 47.7 Å². The number of nitrogens with two attached hydrogens (primary N) is 1. The molecule has 0 atom stereocenters. The number of ether oxygens (including phenoxy) is 2. The lowest BCUT2D eigenvalue weighted by Crippen LogP contribution is -2.48. The molecule has 0 saturated carbocycles. The molecular formula is C14H19ClN2O2. The Bertz CT molecular complexity index is 461. The SMILES string of the molecule is Nc1ccc(CN2CCCC3(C2)OCCO3)c(Cl)c1. The van der Waals surface area contributed by atoms with Gasteiger partial charge in [-0.2, -0.15) is 0 Å². The summed E-state index contributed by atoms with van der Waals surface area (Å²) in [5.74, 6) is -0.376. The first kappa shape index (κ1) is 13.2. The number of halogens is 1. The molecule has 2 heterocycles. The van der Waals surface area contributed by atoms with Crippen LogP contribution in [-0.4, -0.2) is 37.0 Å². The van der Waals surface area contributed by atoms with Crippen molar-refractivity contribution in [3.63, 3.8) is 0 Å². The van der Waals surface area contributed by atoms with E-state index >= 15 is 0 Å². The van der Waals surface area contributed by atoms with E-state index in [9.17, 15) is 0 Å². The van der Waals surface area contributed by atoms with Crippen LogP contribution in [0.15, 0.2) is 18.2 Å². The van der Waals surface area contributed by atoms with Crippen molar-refractivity contribution in [3.05, 3.63) is 28.8 Å². The first-order valence-electron chi connectivity index (χ1n) is 6.71. The number of hydrogen-bond donors (Lipinski definition) is 1. The number of benzene rings is 1. The van der Waals surface area contributed by atoms with Gasteiger partial charge in [-0.25, -0.2) is 0 Å². The summed E-state index contributed by atoms with van der Waals surface area (Å²) < 4.78 is 11.6. The number of nitrogen functional groups attached to an aromatic ring is 1. The van der Waals surface area contributed by atoms with Crippen molar-refractivity contribution in [3.8, 4) is 0 Å². The maximum Gasteiger partial charge on any atom is 0.181 e. The van der Waals surface area contributed by atoms with Gasteiger partial charge in [-0.15, -0.1) is 0 Å². The quantitative estimate of drug-likeness (QED) is 0.846. The summed E-state index contributed by atoms with van der Waals surface area (Å²) in [7, 11) is 0. The minimum absolute atomic E-state index is 0.376. The van der Waals surface area contributed by atoms with Crippen LogP contribution in [0.25, 0.3) is 0 Å². The van der Waals surface area contributed by atoms with E-state index < -0.39 is 0 Å². The summed E-state index contributed by atoms with van der Waals surface area (Å²) in [5.41, 5.74) is 7.52. The van der Waals surface area contributed by atoms with Crippen molar-refractivity contribution in [2.24, 2.45) is 0 Å². The maximum absolute atomic E-state index is 6.23.